The molecule has 0 heterocycles. The molecule has 0 rings (SSSR count). The van der Waals surface area contributed by atoms with E-state index in [0.717, 1.165) is 0 Å². The first-order valence-electron chi connectivity index (χ1n) is 17.3. The van der Waals surface area contributed by atoms with Crippen molar-refractivity contribution in [2.45, 2.75) is 43.9 Å². The molecule has 0 amide bonds. The van der Waals surface area contributed by atoms with Gasteiger partial charge in [0, 0.05) is 140 Å². The Hall–Kier alpha value is 0.735. The van der Waals surface area contributed by atoms with Gasteiger partial charge in [0.25, 0.3) is 0 Å². The lowest BCUT2D eigenvalue weighted by atomic mass is 10.1. The average molecular weight is 993 g/mol. The molecule has 0 spiro atoms. The van der Waals surface area contributed by atoms with E-state index in [1.54, 1.807) is 0 Å². The van der Waals surface area contributed by atoms with Crippen LogP contribution in [0.4, 0.5) is 0 Å². The van der Waals surface area contributed by atoms with Crippen LogP contribution < -0.4 is 0 Å². The quantitative estimate of drug-likeness (QED) is 0.0809. The van der Waals surface area contributed by atoms with E-state index in [-0.39, 0.29) is 37.8 Å². The third kappa shape index (κ3) is 16.1. The average Bonchev–Trinajstić information content (AvgIpc) is 3.27. The Kier molecular flexibility index (Phi) is 28.2. The van der Waals surface area contributed by atoms with Gasteiger partial charge in [-0.1, -0.05) is 0 Å². The van der Waals surface area contributed by atoms with Crippen molar-refractivity contribution in [1.29, 1.82) is 0 Å². The molecular formula is C25H68O25Si8. The highest BCUT2D eigenvalue weighted by molar-refractivity contribution is 6.83. The molecule has 0 bridgehead atoms. The van der Waals surface area contributed by atoms with Crippen LogP contribution in [0.3, 0.4) is 0 Å². The molecule has 0 aromatic heterocycles. The van der Waals surface area contributed by atoms with Gasteiger partial charge < -0.3 is 109 Å². The highest BCUT2D eigenvalue weighted by Crippen LogP contribution is 2.35. The number of aliphatic hydroxyl groups excluding tert-OH is 1. The van der Waals surface area contributed by atoms with E-state index in [9.17, 15) is 5.11 Å². The van der Waals surface area contributed by atoms with Crippen LogP contribution in [-0.2, 0) is 104 Å². The number of hydrogen-bond acceptors (Lipinski definition) is 25. The molecular weight excluding hydrogens is 925 g/mol. The maximum atomic E-state index is 11.5. The molecule has 25 nitrogen and oxygen atoms in total. The molecule has 0 atom stereocenters. The highest BCUT2D eigenvalue weighted by atomic mass is 28.5. The molecule has 0 radical (unpaired) electrons. The van der Waals surface area contributed by atoms with E-state index >= 15 is 0 Å². The van der Waals surface area contributed by atoms with Gasteiger partial charge in [-0.15, -0.1) is 0 Å². The molecule has 58 heavy (non-hydrogen) atoms. The lowest BCUT2D eigenvalue weighted by molar-refractivity contribution is -0.0286. The summed E-state index contributed by atoms with van der Waals surface area (Å²) in [5.74, 6) is 0. The molecule has 0 aliphatic rings. The second kappa shape index (κ2) is 27.8. The van der Waals surface area contributed by atoms with E-state index < -0.39 is 78.0 Å². The maximum absolute atomic E-state index is 11.5. The van der Waals surface area contributed by atoms with Crippen LogP contribution in [0.2, 0.25) is 12.1 Å². The summed E-state index contributed by atoms with van der Waals surface area (Å²) in [5, 5.41) is 11.5. The first-order valence-corrected chi connectivity index (χ1v) is 30.9. The van der Waals surface area contributed by atoms with Gasteiger partial charge in [0.1, 0.15) is 0 Å². The minimum Gasteiger partial charge on any atom is -0.393 e. The Bertz CT molecular complexity index is 831. The summed E-state index contributed by atoms with van der Waals surface area (Å²) in [4.78, 5) is 0. The summed E-state index contributed by atoms with van der Waals surface area (Å²) in [5.41, 5.74) is 0. The zero-order chi connectivity index (χ0) is 44.8. The minimum atomic E-state index is -4.35. The fraction of sp³-hybridized carbons (Fsp3) is 1.00. The molecule has 0 aromatic carbocycles. The van der Waals surface area contributed by atoms with Gasteiger partial charge in [-0.3, -0.25) is 0 Å². The van der Waals surface area contributed by atoms with E-state index in [1.165, 1.54) is 128 Å². The first kappa shape index (κ1) is 58.7. The fourth-order valence-electron chi connectivity index (χ4n) is 5.08. The van der Waals surface area contributed by atoms with Crippen LogP contribution in [0.1, 0.15) is 25.7 Å². The van der Waals surface area contributed by atoms with Gasteiger partial charge in [0.05, 0.1) is 6.10 Å². The van der Waals surface area contributed by atoms with Gasteiger partial charge in [-0.2, -0.15) is 0 Å². The molecule has 0 saturated heterocycles. The lowest BCUT2D eigenvalue weighted by Gasteiger charge is -2.41. The summed E-state index contributed by atoms with van der Waals surface area (Å²) >= 11 is 0. The molecule has 0 saturated carbocycles. The van der Waals surface area contributed by atoms with Crippen LogP contribution in [0.15, 0.2) is 0 Å². The zero-order valence-electron chi connectivity index (χ0n) is 37.1. The Balaban J connectivity index is 7.02. The van der Waals surface area contributed by atoms with E-state index in [4.69, 9.17) is 104 Å². The van der Waals surface area contributed by atoms with Crippen LogP contribution in [0.25, 0.3) is 0 Å². The largest absolute Gasteiger partial charge is 0.671 e. The summed E-state index contributed by atoms with van der Waals surface area (Å²) in [6.45, 7) is 0. The minimum absolute atomic E-state index is 0.0462. The van der Waals surface area contributed by atoms with Gasteiger partial charge in [0.2, 0.25) is 0 Å². The second-order valence-electron chi connectivity index (χ2n) is 11.1. The Morgan fingerprint density at radius 1 is 0.276 bits per heavy atom. The molecule has 1 N–H and O–H groups in total. The monoisotopic (exact) mass is 992 g/mol. The molecule has 0 aliphatic heterocycles. The number of aliphatic hydroxyl groups is 1. The lowest BCUT2D eigenvalue weighted by Crippen LogP contribution is -2.69. The van der Waals surface area contributed by atoms with Gasteiger partial charge >= 0.3 is 71.9 Å². The standard InChI is InChI=1S/C25H68O25Si8/c1-27-53(28-2,29-3)45-51(46-54(30-4,31-5)32-6,47-55(33-7,34-8)35-9)23-19-21-25(26)22-20-24-52(48-56(36-10,37-11)38-12,49-57(39-13,40-14)41-15)50-58(42-16,43-17)44-18/h25-26H,19-24H2,1-18H3. The summed E-state index contributed by atoms with van der Waals surface area (Å²) in [6, 6.07) is -0.0923. The maximum Gasteiger partial charge on any atom is 0.671 e. The highest BCUT2D eigenvalue weighted by Gasteiger charge is 2.67. The van der Waals surface area contributed by atoms with Gasteiger partial charge in [0.15, 0.2) is 0 Å². The fourth-order valence-corrected chi connectivity index (χ4v) is 30.2. The van der Waals surface area contributed by atoms with E-state index in [1.807, 2.05) is 0 Å². The van der Waals surface area contributed by atoms with Crippen LogP contribution in [0.5, 0.6) is 0 Å². The summed E-state index contributed by atoms with van der Waals surface area (Å²) in [7, 11) is -8.69. The summed E-state index contributed by atoms with van der Waals surface area (Å²) < 4.78 is 139. The summed E-state index contributed by atoms with van der Waals surface area (Å²) in [6.07, 6.45) is -0.276. The molecule has 0 unspecified atom stereocenters. The third-order valence-corrected chi connectivity index (χ3v) is 32.6. The number of rotatable bonds is 38. The Labute approximate surface area is 352 Å². The van der Waals surface area contributed by atoms with Crippen LogP contribution in [-0.4, -0.2) is 211 Å². The first-order chi connectivity index (χ1) is 27.4. The zero-order valence-corrected chi connectivity index (χ0v) is 45.1. The third-order valence-electron chi connectivity index (χ3n) is 8.22. The Morgan fingerprint density at radius 3 is 0.534 bits per heavy atom. The van der Waals surface area contributed by atoms with Crippen LogP contribution in [0, 0.1) is 0 Å². The molecule has 350 valence electrons. The number of hydrogen-bond donors (Lipinski definition) is 1. The smallest absolute Gasteiger partial charge is 0.393 e. The molecule has 0 aromatic rings. The SMILES string of the molecule is CO[Si](OC)(OC)O[Si](CCCC(O)CCC[Si](O[Si](OC)(OC)OC)(O[Si](OC)(OC)OC)O[Si](OC)(OC)OC)(O[Si](OC)(OC)OC)O[Si](OC)(OC)OC. The van der Waals surface area contributed by atoms with Crippen molar-refractivity contribution in [3.63, 3.8) is 0 Å². The topological polar surface area (TPSA) is 242 Å². The molecule has 33 heteroatoms. The second-order valence-corrected chi connectivity index (χ2v) is 33.1. The van der Waals surface area contributed by atoms with E-state index in [2.05, 4.69) is 0 Å². The normalized spacial score (nSPS) is 14.3. The van der Waals surface area contributed by atoms with Crippen molar-refractivity contribution in [1.82, 2.24) is 0 Å². The van der Waals surface area contributed by atoms with E-state index in [0.29, 0.717) is 0 Å². The van der Waals surface area contributed by atoms with Crippen molar-refractivity contribution in [2.24, 2.45) is 0 Å². The molecule has 0 aliphatic carbocycles. The predicted molar refractivity (Wildman–Crippen MR) is 213 cm³/mol. The van der Waals surface area contributed by atoms with Crippen molar-refractivity contribution >= 4 is 71.9 Å². The molecule has 0 fully saturated rings. The van der Waals surface area contributed by atoms with Crippen LogP contribution >= 0.6 is 0 Å². The Morgan fingerprint density at radius 2 is 0.414 bits per heavy atom. The van der Waals surface area contributed by atoms with Gasteiger partial charge in [-0.25, -0.2) is 0 Å². The van der Waals surface area contributed by atoms with Crippen molar-refractivity contribution in [3.8, 4) is 0 Å². The van der Waals surface area contributed by atoms with Crippen molar-refractivity contribution < 1.29 is 109 Å². The van der Waals surface area contributed by atoms with Gasteiger partial charge in [-0.05, 0) is 25.7 Å². The van der Waals surface area contributed by atoms with Crippen molar-refractivity contribution in [3.05, 3.63) is 0 Å². The predicted octanol–water partition coefficient (Wildman–Crippen LogP) is 0.134. The van der Waals surface area contributed by atoms with Crippen molar-refractivity contribution in [2.75, 3.05) is 128 Å².